The van der Waals surface area contributed by atoms with E-state index in [1.165, 1.54) is 18.3 Å². The molecule has 1 amide bonds. The van der Waals surface area contributed by atoms with Crippen LogP contribution in [0.25, 0.3) is 0 Å². The van der Waals surface area contributed by atoms with Gasteiger partial charge in [-0.3, -0.25) is 14.6 Å². The molecule has 4 rings (SSSR count). The van der Waals surface area contributed by atoms with E-state index in [2.05, 4.69) is 48.6 Å². The van der Waals surface area contributed by atoms with E-state index in [0.717, 1.165) is 63.2 Å². The third-order valence-corrected chi connectivity index (χ3v) is 7.92. The van der Waals surface area contributed by atoms with Gasteiger partial charge in [-0.1, -0.05) is 25.5 Å². The van der Waals surface area contributed by atoms with Gasteiger partial charge >= 0.3 is 6.36 Å². The fraction of sp³-hybridized carbons (Fsp3) is 0.621. The molecule has 0 aliphatic carbocycles. The summed E-state index contributed by atoms with van der Waals surface area (Å²) in [6.45, 7) is 10.7. The first kappa shape index (κ1) is 31.0. The Kier molecular flexibility index (Phi) is 10.4. The van der Waals surface area contributed by atoms with Gasteiger partial charge in [0, 0.05) is 44.3 Å². The maximum absolute atomic E-state index is 12.4. The number of aliphatic hydroxyl groups excluding tert-OH is 1. The molecule has 0 saturated carbocycles. The summed E-state index contributed by atoms with van der Waals surface area (Å²) in [5.41, 5.74) is 1.93. The van der Waals surface area contributed by atoms with Gasteiger partial charge < -0.3 is 20.1 Å². The second-order valence-corrected chi connectivity index (χ2v) is 11.0. The summed E-state index contributed by atoms with van der Waals surface area (Å²) >= 11 is 0. The molecule has 2 aromatic rings. The predicted molar refractivity (Wildman–Crippen MR) is 150 cm³/mol. The number of aryl methyl sites for hydroxylation is 1. The Morgan fingerprint density at radius 2 is 1.88 bits per heavy atom. The molecule has 9 nitrogen and oxygen atoms in total. The molecule has 0 spiro atoms. The molecule has 226 valence electrons. The number of rotatable bonds is 10. The van der Waals surface area contributed by atoms with Crippen LogP contribution in [0, 0.1) is 6.92 Å². The zero-order valence-corrected chi connectivity index (χ0v) is 24.0. The Bertz CT molecular complexity index is 1140. The van der Waals surface area contributed by atoms with Gasteiger partial charge in [0.2, 0.25) is 0 Å². The lowest BCUT2D eigenvalue weighted by atomic mass is 9.95. The summed E-state index contributed by atoms with van der Waals surface area (Å²) in [7, 11) is 0. The molecule has 2 aliphatic heterocycles. The maximum atomic E-state index is 12.4. The number of nitrogens with one attached hydrogen (secondary N) is 1. The number of ether oxygens (including phenoxy) is 1. The number of carbonyl (C=O) groups is 1. The van der Waals surface area contributed by atoms with Crippen LogP contribution in [-0.2, 0) is 6.54 Å². The first-order chi connectivity index (χ1) is 19.6. The van der Waals surface area contributed by atoms with Crippen LogP contribution in [0.15, 0.2) is 30.5 Å². The molecule has 2 N–H and O–H groups in total. The molecule has 0 unspecified atom stereocenters. The van der Waals surface area contributed by atoms with Crippen molar-refractivity contribution in [3.8, 4) is 5.75 Å². The first-order valence-electron chi connectivity index (χ1n) is 14.4. The average Bonchev–Trinajstić information content (AvgIpc) is 2.93. The third kappa shape index (κ3) is 8.30. The normalized spacial score (nSPS) is 21.2. The van der Waals surface area contributed by atoms with Crippen molar-refractivity contribution in [2.45, 2.75) is 77.5 Å². The fourth-order valence-corrected chi connectivity index (χ4v) is 5.99. The van der Waals surface area contributed by atoms with Crippen molar-refractivity contribution in [1.29, 1.82) is 0 Å². The van der Waals surface area contributed by atoms with Crippen molar-refractivity contribution in [3.05, 3.63) is 47.4 Å². The second kappa shape index (κ2) is 13.8. The third-order valence-electron chi connectivity index (χ3n) is 7.92. The Morgan fingerprint density at radius 3 is 2.49 bits per heavy atom. The van der Waals surface area contributed by atoms with Crippen molar-refractivity contribution in [2.75, 3.05) is 44.2 Å². The lowest BCUT2D eigenvalue weighted by Gasteiger charge is -2.50. The fourth-order valence-electron chi connectivity index (χ4n) is 5.99. The SMILES string of the molecule is CCC[C@H]1CN(c2ncc(C(=O)NCCO)nc2C)[C@H](C)CN1C1CCN(Cc2ccc(OC(F)(F)F)cc2)CC1. The van der Waals surface area contributed by atoms with Gasteiger partial charge in [-0.05, 0) is 63.9 Å². The zero-order chi connectivity index (χ0) is 29.6. The van der Waals surface area contributed by atoms with E-state index in [1.54, 1.807) is 12.1 Å². The Morgan fingerprint density at radius 1 is 1.17 bits per heavy atom. The van der Waals surface area contributed by atoms with Crippen LogP contribution in [0.5, 0.6) is 5.75 Å². The van der Waals surface area contributed by atoms with Crippen LogP contribution in [0.3, 0.4) is 0 Å². The van der Waals surface area contributed by atoms with Gasteiger partial charge in [0.05, 0.1) is 18.5 Å². The molecule has 41 heavy (non-hydrogen) atoms. The number of hydrogen-bond donors (Lipinski definition) is 2. The lowest BCUT2D eigenvalue weighted by Crippen LogP contribution is -2.61. The minimum Gasteiger partial charge on any atom is -0.406 e. The van der Waals surface area contributed by atoms with Gasteiger partial charge in [0.25, 0.3) is 5.91 Å². The summed E-state index contributed by atoms with van der Waals surface area (Å²) in [4.78, 5) is 28.7. The average molecular weight is 579 g/mol. The van der Waals surface area contributed by atoms with E-state index >= 15 is 0 Å². The van der Waals surface area contributed by atoms with Crippen molar-refractivity contribution in [1.82, 2.24) is 25.1 Å². The van der Waals surface area contributed by atoms with E-state index in [-0.39, 0.29) is 36.5 Å². The summed E-state index contributed by atoms with van der Waals surface area (Å²) in [5, 5.41) is 11.6. The number of likely N-dealkylation sites (tertiary alicyclic amines) is 1. The Labute approximate surface area is 239 Å². The maximum Gasteiger partial charge on any atom is 0.573 e. The number of aromatic nitrogens is 2. The Balaban J connectivity index is 1.35. The number of piperidine rings is 1. The molecule has 2 fully saturated rings. The van der Waals surface area contributed by atoms with Gasteiger partial charge in [-0.15, -0.1) is 13.2 Å². The number of alkyl halides is 3. The van der Waals surface area contributed by atoms with E-state index in [9.17, 15) is 18.0 Å². The number of hydrogen-bond acceptors (Lipinski definition) is 8. The van der Waals surface area contributed by atoms with Gasteiger partial charge in [-0.25, -0.2) is 9.97 Å². The number of aliphatic hydroxyl groups is 1. The second-order valence-electron chi connectivity index (χ2n) is 11.0. The van der Waals surface area contributed by atoms with Crippen LogP contribution in [-0.4, -0.2) is 94.6 Å². The quantitative estimate of drug-likeness (QED) is 0.441. The first-order valence-corrected chi connectivity index (χ1v) is 14.4. The minimum atomic E-state index is -4.68. The van der Waals surface area contributed by atoms with Crippen molar-refractivity contribution in [2.24, 2.45) is 0 Å². The number of piperazine rings is 1. The number of amides is 1. The lowest BCUT2D eigenvalue weighted by molar-refractivity contribution is -0.274. The van der Waals surface area contributed by atoms with E-state index in [1.807, 2.05) is 6.92 Å². The highest BCUT2D eigenvalue weighted by molar-refractivity contribution is 5.92. The highest BCUT2D eigenvalue weighted by Crippen LogP contribution is 2.30. The molecular formula is C29H41F3N6O3. The van der Waals surface area contributed by atoms with E-state index in [0.29, 0.717) is 24.3 Å². The van der Waals surface area contributed by atoms with Gasteiger partial charge in [0.1, 0.15) is 17.3 Å². The number of nitrogens with zero attached hydrogens (tertiary/aromatic N) is 5. The van der Waals surface area contributed by atoms with E-state index in [4.69, 9.17) is 5.11 Å². The van der Waals surface area contributed by atoms with Crippen LogP contribution in [0.1, 0.15) is 61.3 Å². The van der Waals surface area contributed by atoms with Crippen LogP contribution >= 0.6 is 0 Å². The predicted octanol–water partition coefficient (Wildman–Crippen LogP) is 3.75. The van der Waals surface area contributed by atoms with Crippen LogP contribution < -0.4 is 15.0 Å². The molecular weight excluding hydrogens is 537 g/mol. The Hall–Kier alpha value is -2.96. The monoisotopic (exact) mass is 578 g/mol. The number of halogens is 3. The molecule has 2 atom stereocenters. The highest BCUT2D eigenvalue weighted by Gasteiger charge is 2.37. The molecule has 3 heterocycles. The minimum absolute atomic E-state index is 0.131. The summed E-state index contributed by atoms with van der Waals surface area (Å²) < 4.78 is 41.3. The van der Waals surface area contributed by atoms with Crippen molar-refractivity contribution >= 4 is 11.7 Å². The molecule has 1 aromatic carbocycles. The van der Waals surface area contributed by atoms with Crippen LogP contribution in [0.4, 0.5) is 19.0 Å². The number of carbonyl (C=O) groups excluding carboxylic acids is 1. The van der Waals surface area contributed by atoms with Gasteiger partial charge in [0.15, 0.2) is 0 Å². The molecule has 1 aromatic heterocycles. The number of anilines is 1. The smallest absolute Gasteiger partial charge is 0.406 e. The topological polar surface area (TPSA) is 94.1 Å². The van der Waals surface area contributed by atoms with E-state index < -0.39 is 6.36 Å². The van der Waals surface area contributed by atoms with Gasteiger partial charge in [-0.2, -0.15) is 0 Å². The molecule has 12 heteroatoms. The van der Waals surface area contributed by atoms with Crippen molar-refractivity contribution < 1.29 is 27.8 Å². The summed E-state index contributed by atoms with van der Waals surface area (Å²) in [6, 6.07) is 7.21. The molecule has 0 bridgehead atoms. The largest absolute Gasteiger partial charge is 0.573 e. The van der Waals surface area contributed by atoms with Crippen LogP contribution in [0.2, 0.25) is 0 Å². The zero-order valence-electron chi connectivity index (χ0n) is 24.0. The number of benzene rings is 1. The van der Waals surface area contributed by atoms with Crippen molar-refractivity contribution in [3.63, 3.8) is 0 Å². The standard InChI is InChI=1S/C29H41F3N6O3/c1-4-5-24-19-37(27-21(3)35-26(16-34-27)28(40)33-12-15-39)20(2)17-38(24)23-10-13-36(14-11-23)18-22-6-8-25(9-7-22)41-29(30,31)32/h6-9,16,20,23-24,39H,4-5,10-15,17-19H2,1-3H3,(H,33,40)/t20-,24+/m1/s1. The molecule has 2 aliphatic rings. The highest BCUT2D eigenvalue weighted by atomic mass is 19.4. The molecule has 0 radical (unpaired) electrons. The summed E-state index contributed by atoms with van der Waals surface area (Å²) in [5.74, 6) is 0.260. The molecule has 2 saturated heterocycles. The summed E-state index contributed by atoms with van der Waals surface area (Å²) in [6.07, 6.45) is 1.06.